The molecule has 0 spiro atoms. The fourth-order valence-electron chi connectivity index (χ4n) is 3.96. The van der Waals surface area contributed by atoms with E-state index in [9.17, 15) is 9.59 Å². The lowest BCUT2D eigenvalue weighted by Crippen LogP contribution is -2.33. The highest BCUT2D eigenvalue weighted by molar-refractivity contribution is 6.12. The van der Waals surface area contributed by atoms with E-state index in [1.807, 2.05) is 24.4 Å². The van der Waals surface area contributed by atoms with Crippen LogP contribution in [-0.4, -0.2) is 39.5 Å². The second kappa shape index (κ2) is 7.26. The molecule has 3 N–H and O–H groups in total. The molecule has 5 rings (SSSR count). The van der Waals surface area contributed by atoms with Crippen LogP contribution in [0.1, 0.15) is 43.1 Å². The zero-order valence-corrected chi connectivity index (χ0v) is 17.5. The Bertz CT molecular complexity index is 1200. The van der Waals surface area contributed by atoms with Gasteiger partial charge in [-0.25, -0.2) is 9.97 Å². The number of ether oxygens (including phenoxy) is 1. The molecule has 31 heavy (non-hydrogen) atoms. The fourth-order valence-corrected chi connectivity index (χ4v) is 3.96. The molecule has 0 saturated heterocycles. The predicted octanol–water partition coefficient (Wildman–Crippen LogP) is 2.98. The van der Waals surface area contributed by atoms with Crippen molar-refractivity contribution in [1.29, 1.82) is 0 Å². The molecular formula is C22H24N6O3. The van der Waals surface area contributed by atoms with Crippen molar-refractivity contribution in [3.8, 4) is 5.88 Å². The van der Waals surface area contributed by atoms with Crippen LogP contribution in [0.25, 0.3) is 10.9 Å². The summed E-state index contributed by atoms with van der Waals surface area (Å²) in [6, 6.07) is 6.02. The van der Waals surface area contributed by atoms with E-state index in [2.05, 4.69) is 33.7 Å². The van der Waals surface area contributed by atoms with Crippen LogP contribution in [0.15, 0.2) is 30.7 Å². The Labute approximate surface area is 179 Å². The molecule has 9 nitrogen and oxygen atoms in total. The molecule has 1 saturated carbocycles. The normalized spacial score (nSPS) is 16.2. The van der Waals surface area contributed by atoms with Crippen LogP contribution in [0.2, 0.25) is 0 Å². The molecule has 0 atom stereocenters. The third-order valence-electron chi connectivity index (χ3n) is 5.73. The Kier molecular flexibility index (Phi) is 4.53. The maximum Gasteiger partial charge on any atom is 0.267 e. The van der Waals surface area contributed by atoms with Gasteiger partial charge in [0, 0.05) is 29.2 Å². The highest BCUT2D eigenvalue weighted by Gasteiger charge is 2.32. The maximum absolute atomic E-state index is 13.4. The number of nitrogens with two attached hydrogens (primary N) is 1. The largest absolute Gasteiger partial charge is 0.475 e. The lowest BCUT2D eigenvalue weighted by atomic mass is 10.1. The third kappa shape index (κ3) is 3.35. The standard InChI is InChI=1S/C22H24N6O3/c1-12(2)27-6-5-14-9-15(10-16(18(14)27)26-20(29)13-3-4-13)28-7-8-31-21-17(22(28)30)19(23)24-11-25-21/h5-6,9-13H,3-4,7-8H2,1-2H3,(H,26,29)(H2,23,24,25). The molecule has 160 valence electrons. The quantitative estimate of drug-likeness (QED) is 0.670. The van der Waals surface area contributed by atoms with E-state index in [1.54, 1.807) is 4.90 Å². The molecule has 0 radical (unpaired) electrons. The molecule has 0 bridgehead atoms. The van der Waals surface area contributed by atoms with Gasteiger partial charge in [-0.15, -0.1) is 0 Å². The van der Waals surface area contributed by atoms with Gasteiger partial charge in [0.05, 0.1) is 17.7 Å². The molecule has 0 unspecified atom stereocenters. The topological polar surface area (TPSA) is 115 Å². The number of hydrogen-bond acceptors (Lipinski definition) is 6. The minimum Gasteiger partial charge on any atom is -0.475 e. The molecule has 1 fully saturated rings. The molecule has 3 heterocycles. The van der Waals surface area contributed by atoms with Crippen molar-refractivity contribution in [2.45, 2.75) is 32.7 Å². The number of nitrogens with one attached hydrogen (secondary N) is 1. The number of aromatic nitrogens is 3. The molecular weight excluding hydrogens is 396 g/mol. The van der Waals surface area contributed by atoms with Gasteiger partial charge in [0.1, 0.15) is 24.3 Å². The fraction of sp³-hybridized carbons (Fsp3) is 0.364. The number of rotatable bonds is 4. The molecule has 2 aromatic heterocycles. The summed E-state index contributed by atoms with van der Waals surface area (Å²) in [4.78, 5) is 35.5. The average molecular weight is 420 g/mol. The Morgan fingerprint density at radius 2 is 2.10 bits per heavy atom. The number of hydrogen-bond donors (Lipinski definition) is 2. The van der Waals surface area contributed by atoms with E-state index in [-0.39, 0.29) is 47.6 Å². The van der Waals surface area contributed by atoms with Gasteiger partial charge < -0.3 is 25.3 Å². The van der Waals surface area contributed by atoms with Crippen molar-refractivity contribution in [3.05, 3.63) is 36.3 Å². The van der Waals surface area contributed by atoms with Crippen molar-refractivity contribution in [2.75, 3.05) is 29.1 Å². The Hall–Kier alpha value is -3.62. The summed E-state index contributed by atoms with van der Waals surface area (Å²) in [6.07, 6.45) is 5.11. The van der Waals surface area contributed by atoms with Gasteiger partial charge in [-0.3, -0.25) is 9.59 Å². The lowest BCUT2D eigenvalue weighted by Gasteiger charge is -2.22. The van der Waals surface area contributed by atoms with E-state index in [4.69, 9.17) is 10.5 Å². The molecule has 1 aromatic carbocycles. The van der Waals surface area contributed by atoms with Crippen LogP contribution in [0.5, 0.6) is 5.88 Å². The smallest absolute Gasteiger partial charge is 0.267 e. The summed E-state index contributed by atoms with van der Waals surface area (Å²) in [5.74, 6) is 0.0277. The second-order valence-electron chi connectivity index (χ2n) is 8.26. The number of nitrogen functional groups attached to an aromatic ring is 1. The van der Waals surface area contributed by atoms with Gasteiger partial charge in [0.2, 0.25) is 11.8 Å². The summed E-state index contributed by atoms with van der Waals surface area (Å²) >= 11 is 0. The van der Waals surface area contributed by atoms with E-state index in [1.165, 1.54) is 6.33 Å². The Morgan fingerprint density at radius 3 is 2.84 bits per heavy atom. The van der Waals surface area contributed by atoms with E-state index >= 15 is 0 Å². The lowest BCUT2D eigenvalue weighted by molar-refractivity contribution is -0.117. The number of fused-ring (bicyclic) bond motifs is 2. The van der Waals surface area contributed by atoms with E-state index < -0.39 is 0 Å². The molecule has 2 amide bonds. The van der Waals surface area contributed by atoms with Crippen molar-refractivity contribution in [3.63, 3.8) is 0 Å². The van der Waals surface area contributed by atoms with Crippen LogP contribution in [0, 0.1) is 5.92 Å². The maximum atomic E-state index is 13.4. The third-order valence-corrected chi connectivity index (χ3v) is 5.73. The molecule has 1 aliphatic carbocycles. The van der Waals surface area contributed by atoms with Gasteiger partial charge in [0.25, 0.3) is 5.91 Å². The monoisotopic (exact) mass is 420 g/mol. The summed E-state index contributed by atoms with van der Waals surface area (Å²) in [5, 5.41) is 4.03. The summed E-state index contributed by atoms with van der Waals surface area (Å²) in [6.45, 7) is 4.77. The summed E-state index contributed by atoms with van der Waals surface area (Å²) in [5.41, 5.74) is 8.41. The summed E-state index contributed by atoms with van der Waals surface area (Å²) in [7, 11) is 0. The number of benzene rings is 1. The van der Waals surface area contributed by atoms with Gasteiger partial charge in [-0.05, 0) is 44.9 Å². The predicted molar refractivity (Wildman–Crippen MR) is 117 cm³/mol. The van der Waals surface area contributed by atoms with Crippen LogP contribution in [-0.2, 0) is 4.79 Å². The Morgan fingerprint density at radius 1 is 1.29 bits per heavy atom. The second-order valence-corrected chi connectivity index (χ2v) is 8.26. The van der Waals surface area contributed by atoms with E-state index in [0.29, 0.717) is 17.9 Å². The van der Waals surface area contributed by atoms with E-state index in [0.717, 1.165) is 23.7 Å². The zero-order chi connectivity index (χ0) is 21.7. The van der Waals surface area contributed by atoms with Crippen LogP contribution < -0.4 is 20.7 Å². The average Bonchev–Trinajstić information content (AvgIpc) is 3.51. The van der Waals surface area contributed by atoms with Crippen LogP contribution >= 0.6 is 0 Å². The highest BCUT2D eigenvalue weighted by atomic mass is 16.5. The first-order chi connectivity index (χ1) is 14.9. The summed E-state index contributed by atoms with van der Waals surface area (Å²) < 4.78 is 7.76. The highest BCUT2D eigenvalue weighted by Crippen LogP contribution is 2.37. The number of nitrogens with zero attached hydrogens (tertiary/aromatic N) is 4. The minimum absolute atomic E-state index is 0.0171. The van der Waals surface area contributed by atoms with Crippen LogP contribution in [0.3, 0.4) is 0 Å². The molecule has 2 aliphatic rings. The zero-order valence-electron chi connectivity index (χ0n) is 17.5. The van der Waals surface area contributed by atoms with Crippen molar-refractivity contribution in [1.82, 2.24) is 14.5 Å². The number of amides is 2. The minimum atomic E-state index is -0.326. The Balaban J connectivity index is 1.62. The van der Waals surface area contributed by atoms with Gasteiger partial charge in [-0.2, -0.15) is 0 Å². The van der Waals surface area contributed by atoms with Crippen molar-refractivity contribution >= 4 is 39.9 Å². The molecule has 9 heteroatoms. The first-order valence-corrected chi connectivity index (χ1v) is 10.4. The first-order valence-electron chi connectivity index (χ1n) is 10.4. The van der Waals surface area contributed by atoms with Crippen molar-refractivity contribution < 1.29 is 14.3 Å². The van der Waals surface area contributed by atoms with Gasteiger partial charge >= 0.3 is 0 Å². The first kappa shape index (κ1) is 19.3. The molecule has 3 aromatic rings. The van der Waals surface area contributed by atoms with Crippen LogP contribution in [0.4, 0.5) is 17.2 Å². The van der Waals surface area contributed by atoms with Crippen molar-refractivity contribution in [2.24, 2.45) is 5.92 Å². The molecule has 1 aliphatic heterocycles. The number of carbonyl (C=O) groups excluding carboxylic acids is 2. The number of carbonyl (C=O) groups is 2. The number of anilines is 3. The van der Waals surface area contributed by atoms with Gasteiger partial charge in [-0.1, -0.05) is 0 Å². The van der Waals surface area contributed by atoms with Gasteiger partial charge in [0.15, 0.2) is 0 Å². The SMILES string of the molecule is CC(C)n1ccc2cc(N3CCOc4ncnc(N)c4C3=O)cc(NC(=O)C3CC3)c21.